The summed E-state index contributed by atoms with van der Waals surface area (Å²) in [6, 6.07) is 5.59. The number of esters is 1. The highest BCUT2D eigenvalue weighted by Crippen LogP contribution is 2.22. The highest BCUT2D eigenvalue weighted by atomic mass is 16.5. The zero-order valence-electron chi connectivity index (χ0n) is 18.4. The highest BCUT2D eigenvalue weighted by Gasteiger charge is 2.16. The number of hydrogen-bond donors (Lipinski definition) is 2. The van der Waals surface area contributed by atoms with Gasteiger partial charge in [-0.1, -0.05) is 13.8 Å². The molecule has 1 aromatic heterocycles. The van der Waals surface area contributed by atoms with Gasteiger partial charge in [-0.3, -0.25) is 9.59 Å². The summed E-state index contributed by atoms with van der Waals surface area (Å²) < 4.78 is 7.25. The van der Waals surface area contributed by atoms with Crippen molar-refractivity contribution in [3.63, 3.8) is 0 Å². The normalized spacial score (nSPS) is 14.9. The molecule has 0 bridgehead atoms. The lowest BCUT2D eigenvalue weighted by Gasteiger charge is -2.22. The fourth-order valence-electron chi connectivity index (χ4n) is 3.83. The number of aryl methyl sites for hydroxylation is 2. The van der Waals surface area contributed by atoms with Crippen LogP contribution in [0, 0.1) is 11.8 Å². The van der Waals surface area contributed by atoms with Gasteiger partial charge in [-0.2, -0.15) is 0 Å². The smallest absolute Gasteiger partial charge is 0.307 e. The molecule has 7 heteroatoms. The molecule has 0 aliphatic carbocycles. The largest absolute Gasteiger partial charge is 0.465 e. The number of carbonyl (C=O) groups excluding carboxylic acids is 2. The number of hydrogen-bond acceptors (Lipinski definition) is 5. The zero-order valence-corrected chi connectivity index (χ0v) is 18.4. The molecule has 0 unspecified atom stereocenters. The van der Waals surface area contributed by atoms with Crippen LogP contribution in [-0.4, -0.2) is 47.7 Å². The van der Waals surface area contributed by atoms with Crippen molar-refractivity contribution in [2.75, 3.05) is 26.2 Å². The molecule has 0 saturated carbocycles. The first-order chi connectivity index (χ1) is 14.4. The van der Waals surface area contributed by atoms with Crippen molar-refractivity contribution in [3.8, 4) is 0 Å². The lowest BCUT2D eigenvalue weighted by molar-refractivity contribution is -0.144. The number of rotatable bonds is 9. The highest BCUT2D eigenvalue weighted by molar-refractivity contribution is 5.97. The van der Waals surface area contributed by atoms with Crippen LogP contribution in [-0.2, 0) is 23.0 Å². The lowest BCUT2D eigenvalue weighted by Crippen LogP contribution is -2.28. The lowest BCUT2D eigenvalue weighted by atomic mass is 9.93. The van der Waals surface area contributed by atoms with Crippen LogP contribution in [0.2, 0.25) is 0 Å². The quantitative estimate of drug-likeness (QED) is 0.617. The van der Waals surface area contributed by atoms with Gasteiger partial charge < -0.3 is 19.9 Å². The topological polar surface area (TPSA) is 85.2 Å². The Morgan fingerprint density at radius 3 is 2.80 bits per heavy atom. The minimum Gasteiger partial charge on any atom is -0.465 e. The predicted molar refractivity (Wildman–Crippen MR) is 117 cm³/mol. The van der Waals surface area contributed by atoms with E-state index in [2.05, 4.69) is 15.2 Å². The summed E-state index contributed by atoms with van der Waals surface area (Å²) in [5.41, 5.74) is 2.42. The first-order valence-corrected chi connectivity index (χ1v) is 11.0. The molecule has 164 valence electrons. The van der Waals surface area contributed by atoms with Crippen LogP contribution in [0.5, 0.6) is 0 Å². The van der Waals surface area contributed by atoms with E-state index in [0.29, 0.717) is 18.1 Å². The summed E-state index contributed by atoms with van der Waals surface area (Å²) in [5.74, 6) is 1.64. The fourth-order valence-corrected chi connectivity index (χ4v) is 3.83. The van der Waals surface area contributed by atoms with Gasteiger partial charge in [0.2, 0.25) is 0 Å². The molecule has 2 heterocycles. The summed E-state index contributed by atoms with van der Waals surface area (Å²) in [6.45, 7) is 6.87. The third kappa shape index (κ3) is 6.05. The van der Waals surface area contributed by atoms with Gasteiger partial charge in [-0.15, -0.1) is 0 Å². The van der Waals surface area contributed by atoms with Crippen LogP contribution in [0.15, 0.2) is 18.2 Å². The molecule has 0 spiro atoms. The molecule has 2 N–H and O–H groups in total. The van der Waals surface area contributed by atoms with Crippen LogP contribution in [0.25, 0.3) is 11.0 Å². The Kier molecular flexibility index (Phi) is 7.85. The van der Waals surface area contributed by atoms with E-state index in [9.17, 15) is 9.59 Å². The SMILES string of the molecule is CC(C)COC(=O)CCNC(=O)c1ccc2c(c1)nc(CCC1CCNCC1)n2C. The third-order valence-corrected chi connectivity index (χ3v) is 5.66. The summed E-state index contributed by atoms with van der Waals surface area (Å²) in [4.78, 5) is 28.9. The second kappa shape index (κ2) is 10.6. The molecule has 1 amide bonds. The van der Waals surface area contributed by atoms with Crippen LogP contribution in [0.4, 0.5) is 0 Å². The third-order valence-electron chi connectivity index (χ3n) is 5.66. The van der Waals surface area contributed by atoms with Crippen LogP contribution in [0.3, 0.4) is 0 Å². The maximum Gasteiger partial charge on any atom is 0.307 e. The van der Waals surface area contributed by atoms with Crippen molar-refractivity contribution in [1.82, 2.24) is 20.2 Å². The van der Waals surface area contributed by atoms with Gasteiger partial charge in [0.1, 0.15) is 5.82 Å². The molecule has 7 nitrogen and oxygen atoms in total. The summed E-state index contributed by atoms with van der Waals surface area (Å²) in [7, 11) is 2.04. The van der Waals surface area contributed by atoms with E-state index in [-0.39, 0.29) is 24.8 Å². The summed E-state index contributed by atoms with van der Waals surface area (Å²) in [5, 5.41) is 6.20. The van der Waals surface area contributed by atoms with Crippen molar-refractivity contribution in [3.05, 3.63) is 29.6 Å². The average molecular weight is 415 g/mol. The molecule has 1 aliphatic heterocycles. The van der Waals surface area contributed by atoms with Crippen LogP contribution < -0.4 is 10.6 Å². The van der Waals surface area contributed by atoms with Crippen LogP contribution >= 0.6 is 0 Å². The van der Waals surface area contributed by atoms with E-state index < -0.39 is 0 Å². The molecular weight excluding hydrogens is 380 g/mol. The number of benzene rings is 1. The van der Waals surface area contributed by atoms with E-state index in [1.54, 1.807) is 0 Å². The van der Waals surface area contributed by atoms with E-state index in [1.807, 2.05) is 39.1 Å². The second-order valence-electron chi connectivity index (χ2n) is 8.61. The number of ether oxygens (including phenoxy) is 1. The number of carbonyl (C=O) groups is 2. The molecule has 0 atom stereocenters. The van der Waals surface area contributed by atoms with Gasteiger partial charge >= 0.3 is 5.97 Å². The van der Waals surface area contributed by atoms with E-state index in [4.69, 9.17) is 9.72 Å². The Balaban J connectivity index is 1.55. The maximum atomic E-state index is 12.5. The molecule has 1 fully saturated rings. The minimum atomic E-state index is -0.289. The number of aromatic nitrogens is 2. The predicted octanol–water partition coefficient (Wildman–Crippen LogP) is 2.82. The van der Waals surface area contributed by atoms with Gasteiger partial charge in [0.05, 0.1) is 24.1 Å². The van der Waals surface area contributed by atoms with Gasteiger partial charge in [0.25, 0.3) is 5.91 Å². The molecule has 30 heavy (non-hydrogen) atoms. The molecule has 2 aromatic rings. The van der Waals surface area contributed by atoms with Gasteiger partial charge in [0.15, 0.2) is 0 Å². The van der Waals surface area contributed by atoms with E-state index in [0.717, 1.165) is 48.7 Å². The molecular formula is C23H34N4O3. The number of imidazole rings is 1. The van der Waals surface area contributed by atoms with Gasteiger partial charge in [-0.25, -0.2) is 4.98 Å². The fraction of sp³-hybridized carbons (Fsp3) is 0.609. The van der Waals surface area contributed by atoms with Crippen molar-refractivity contribution in [2.45, 2.75) is 46.0 Å². The number of nitrogens with one attached hydrogen (secondary N) is 2. The molecule has 1 saturated heterocycles. The molecule has 3 rings (SSSR count). The number of amides is 1. The van der Waals surface area contributed by atoms with E-state index in [1.165, 1.54) is 12.8 Å². The Hall–Kier alpha value is -2.41. The van der Waals surface area contributed by atoms with Crippen molar-refractivity contribution >= 4 is 22.9 Å². The Bertz CT molecular complexity index is 869. The maximum absolute atomic E-state index is 12.5. The second-order valence-corrected chi connectivity index (χ2v) is 8.61. The molecule has 1 aromatic carbocycles. The minimum absolute atomic E-state index is 0.172. The molecule has 0 radical (unpaired) electrons. The number of fused-ring (bicyclic) bond motifs is 1. The number of piperidine rings is 1. The average Bonchev–Trinajstić information content (AvgIpc) is 3.06. The van der Waals surface area contributed by atoms with Crippen molar-refractivity contribution in [2.24, 2.45) is 18.9 Å². The van der Waals surface area contributed by atoms with Gasteiger partial charge in [-0.05, 0) is 62.4 Å². The summed E-state index contributed by atoms with van der Waals surface area (Å²) in [6.07, 6.45) is 4.75. The van der Waals surface area contributed by atoms with Crippen LogP contribution in [0.1, 0.15) is 55.7 Å². The Morgan fingerprint density at radius 1 is 1.30 bits per heavy atom. The Morgan fingerprint density at radius 2 is 2.07 bits per heavy atom. The molecule has 1 aliphatic rings. The number of nitrogens with zero attached hydrogens (tertiary/aromatic N) is 2. The van der Waals surface area contributed by atoms with Crippen molar-refractivity contribution in [1.29, 1.82) is 0 Å². The monoisotopic (exact) mass is 414 g/mol. The summed E-state index contributed by atoms with van der Waals surface area (Å²) >= 11 is 0. The zero-order chi connectivity index (χ0) is 21.5. The van der Waals surface area contributed by atoms with Crippen molar-refractivity contribution < 1.29 is 14.3 Å². The first-order valence-electron chi connectivity index (χ1n) is 11.0. The first kappa shape index (κ1) is 22.3. The Labute approximate surface area is 178 Å². The standard InChI is InChI=1S/C23H34N4O3/c1-16(2)15-30-22(28)10-13-25-23(29)18-5-6-20-19(14-18)26-21(27(20)3)7-4-17-8-11-24-12-9-17/h5-6,14,16-17,24H,4,7-13,15H2,1-3H3,(H,25,29). The van der Waals surface area contributed by atoms with E-state index >= 15 is 0 Å². The van der Waals surface area contributed by atoms with Gasteiger partial charge in [0, 0.05) is 25.6 Å².